The zero-order valence-corrected chi connectivity index (χ0v) is 18.9. The van der Waals surface area contributed by atoms with Crippen LogP contribution in [0, 0.1) is 5.92 Å². The van der Waals surface area contributed by atoms with Crippen molar-refractivity contribution in [3.63, 3.8) is 0 Å². The molecule has 0 spiro atoms. The molecule has 0 radical (unpaired) electrons. The highest BCUT2D eigenvalue weighted by Crippen LogP contribution is 2.35. The predicted molar refractivity (Wildman–Crippen MR) is 128 cm³/mol. The minimum absolute atomic E-state index is 0.107. The maximum atomic E-state index is 9.08. The van der Waals surface area contributed by atoms with E-state index in [4.69, 9.17) is 15.9 Å². The number of aromatic nitrogens is 2. The van der Waals surface area contributed by atoms with Gasteiger partial charge in [0, 0.05) is 30.4 Å². The summed E-state index contributed by atoms with van der Waals surface area (Å²) < 4.78 is 2.35. The van der Waals surface area contributed by atoms with Gasteiger partial charge in [-0.3, -0.25) is 4.90 Å². The Kier molecular flexibility index (Phi) is 5.51. The van der Waals surface area contributed by atoms with Gasteiger partial charge in [0.1, 0.15) is 5.82 Å². The van der Waals surface area contributed by atoms with Crippen LogP contribution in [-0.4, -0.2) is 38.2 Å². The lowest BCUT2D eigenvalue weighted by atomic mass is 10.1. The second-order valence-electron chi connectivity index (χ2n) is 9.50. The Bertz CT molecular complexity index is 1150. The van der Waals surface area contributed by atoms with Crippen LogP contribution in [0.4, 0.5) is 5.69 Å². The lowest BCUT2D eigenvalue weighted by Gasteiger charge is -2.38. The number of hydrogen-bond donors (Lipinski definition) is 2. The SMILES string of the molecule is CC(C)CCn1c(CN2CN(C3CC3)Cc3ccccc32)nc2cc(C(N)=NO)ccc21. The van der Waals surface area contributed by atoms with Crippen molar-refractivity contribution in [3.05, 3.63) is 59.4 Å². The molecule has 3 N–H and O–H groups in total. The van der Waals surface area contributed by atoms with Gasteiger partial charge in [-0.1, -0.05) is 37.2 Å². The second-order valence-corrected chi connectivity index (χ2v) is 9.50. The smallest absolute Gasteiger partial charge is 0.170 e. The molecule has 3 aromatic rings. The Morgan fingerprint density at radius 2 is 2.03 bits per heavy atom. The molecule has 1 aliphatic carbocycles. The van der Waals surface area contributed by atoms with E-state index >= 15 is 0 Å². The van der Waals surface area contributed by atoms with Crippen LogP contribution in [0.5, 0.6) is 0 Å². The molecule has 1 aliphatic heterocycles. The number of fused-ring (bicyclic) bond motifs is 2. The molecule has 0 amide bonds. The van der Waals surface area contributed by atoms with E-state index in [0.717, 1.165) is 49.6 Å². The van der Waals surface area contributed by atoms with Crippen molar-refractivity contribution >= 4 is 22.6 Å². The molecular weight excluding hydrogens is 400 g/mol. The van der Waals surface area contributed by atoms with E-state index in [9.17, 15) is 0 Å². The first-order chi connectivity index (χ1) is 15.5. The van der Waals surface area contributed by atoms with E-state index in [1.165, 1.54) is 24.1 Å². The number of oxime groups is 1. The van der Waals surface area contributed by atoms with Crippen molar-refractivity contribution in [1.82, 2.24) is 14.5 Å². The monoisotopic (exact) mass is 432 g/mol. The van der Waals surface area contributed by atoms with Crippen molar-refractivity contribution in [1.29, 1.82) is 0 Å². The first-order valence-electron chi connectivity index (χ1n) is 11.6. The van der Waals surface area contributed by atoms with E-state index in [1.807, 2.05) is 18.2 Å². The van der Waals surface area contributed by atoms with Gasteiger partial charge in [0.05, 0.1) is 24.2 Å². The van der Waals surface area contributed by atoms with Crippen molar-refractivity contribution in [3.8, 4) is 0 Å². The Balaban J connectivity index is 1.52. The molecule has 0 bridgehead atoms. The van der Waals surface area contributed by atoms with Gasteiger partial charge < -0.3 is 20.4 Å². The number of hydrogen-bond acceptors (Lipinski definition) is 5. The highest BCUT2D eigenvalue weighted by Gasteiger charge is 2.34. The molecule has 0 unspecified atom stereocenters. The van der Waals surface area contributed by atoms with E-state index in [0.29, 0.717) is 17.5 Å². The minimum atomic E-state index is 0.107. The van der Waals surface area contributed by atoms with Crippen LogP contribution in [0.25, 0.3) is 11.0 Å². The minimum Gasteiger partial charge on any atom is -0.409 e. The Hall–Kier alpha value is -3.06. The number of anilines is 1. The molecule has 168 valence electrons. The summed E-state index contributed by atoms with van der Waals surface area (Å²) in [6.45, 7) is 8.15. The molecule has 0 atom stereocenters. The molecule has 1 fully saturated rings. The van der Waals surface area contributed by atoms with Crippen LogP contribution >= 0.6 is 0 Å². The van der Waals surface area contributed by atoms with Gasteiger partial charge in [-0.05, 0) is 55.0 Å². The van der Waals surface area contributed by atoms with E-state index < -0.39 is 0 Å². The van der Waals surface area contributed by atoms with Crippen LogP contribution < -0.4 is 10.6 Å². The highest BCUT2D eigenvalue weighted by molar-refractivity contribution is 5.99. The summed E-state index contributed by atoms with van der Waals surface area (Å²) in [7, 11) is 0. The van der Waals surface area contributed by atoms with E-state index in [1.54, 1.807) is 0 Å². The number of nitrogens with zero attached hydrogens (tertiary/aromatic N) is 5. The Labute approximate surface area is 189 Å². The fourth-order valence-corrected chi connectivity index (χ4v) is 4.66. The molecule has 2 heterocycles. The molecule has 1 saturated carbocycles. The third-order valence-electron chi connectivity index (χ3n) is 6.61. The molecule has 1 aromatic heterocycles. The number of rotatable bonds is 7. The largest absolute Gasteiger partial charge is 0.409 e. The van der Waals surface area contributed by atoms with Crippen molar-refractivity contribution in [2.75, 3.05) is 11.6 Å². The van der Waals surface area contributed by atoms with Crippen LogP contribution in [0.1, 0.15) is 50.1 Å². The third-order valence-corrected chi connectivity index (χ3v) is 6.61. The standard InChI is InChI=1S/C25H32N6O/c1-17(2)11-12-31-23-10-7-18(25(26)28-32)13-21(23)27-24(31)15-30-16-29(20-8-9-20)14-19-5-3-4-6-22(19)30/h3-7,10,13,17,20,32H,8-9,11-12,14-16H2,1-2H3,(H2,26,28). The fraction of sp³-hybridized carbons (Fsp3) is 0.440. The summed E-state index contributed by atoms with van der Waals surface area (Å²) in [5.41, 5.74) is 11.2. The Morgan fingerprint density at radius 3 is 2.78 bits per heavy atom. The first kappa shape index (κ1) is 20.8. The van der Waals surface area contributed by atoms with Gasteiger partial charge in [-0.25, -0.2) is 4.98 Å². The van der Waals surface area contributed by atoms with E-state index in [2.05, 4.69) is 57.6 Å². The maximum absolute atomic E-state index is 9.08. The average molecular weight is 433 g/mol. The van der Waals surface area contributed by atoms with Gasteiger partial charge in [0.2, 0.25) is 0 Å². The number of para-hydroxylation sites is 1. The number of amidine groups is 1. The molecule has 32 heavy (non-hydrogen) atoms. The molecule has 5 rings (SSSR count). The van der Waals surface area contributed by atoms with Gasteiger partial charge in [0.25, 0.3) is 0 Å². The molecule has 2 aromatic carbocycles. The molecule has 2 aliphatic rings. The Morgan fingerprint density at radius 1 is 1.22 bits per heavy atom. The fourth-order valence-electron chi connectivity index (χ4n) is 4.66. The lowest BCUT2D eigenvalue weighted by molar-refractivity contribution is 0.239. The third kappa shape index (κ3) is 4.05. The summed E-state index contributed by atoms with van der Waals surface area (Å²) >= 11 is 0. The number of nitrogens with two attached hydrogens (primary N) is 1. The molecule has 7 heteroatoms. The lowest BCUT2D eigenvalue weighted by Crippen LogP contribution is -2.43. The van der Waals surface area contributed by atoms with Crippen LogP contribution in [0.2, 0.25) is 0 Å². The molecule has 0 saturated heterocycles. The van der Waals surface area contributed by atoms with Gasteiger partial charge >= 0.3 is 0 Å². The summed E-state index contributed by atoms with van der Waals surface area (Å²) in [5, 5.41) is 12.2. The highest BCUT2D eigenvalue weighted by atomic mass is 16.4. The van der Waals surface area contributed by atoms with Gasteiger partial charge in [0.15, 0.2) is 5.84 Å². The van der Waals surface area contributed by atoms with Crippen LogP contribution in [0.3, 0.4) is 0 Å². The number of aryl methyl sites for hydroxylation is 1. The molecule has 7 nitrogen and oxygen atoms in total. The van der Waals surface area contributed by atoms with Crippen LogP contribution in [-0.2, 0) is 19.6 Å². The van der Waals surface area contributed by atoms with Crippen molar-refractivity contribution in [2.45, 2.75) is 58.8 Å². The normalized spacial score (nSPS) is 17.3. The first-order valence-corrected chi connectivity index (χ1v) is 11.6. The summed E-state index contributed by atoms with van der Waals surface area (Å²) in [4.78, 5) is 10.1. The maximum Gasteiger partial charge on any atom is 0.170 e. The molecular formula is C25H32N6O. The second kappa shape index (κ2) is 8.47. The number of benzene rings is 2. The quantitative estimate of drug-likeness (QED) is 0.254. The van der Waals surface area contributed by atoms with Crippen LogP contribution in [0.15, 0.2) is 47.6 Å². The van der Waals surface area contributed by atoms with Crippen molar-refractivity contribution in [2.24, 2.45) is 16.8 Å². The topological polar surface area (TPSA) is 82.9 Å². The zero-order chi connectivity index (χ0) is 22.2. The van der Waals surface area contributed by atoms with E-state index in [-0.39, 0.29) is 5.84 Å². The van der Waals surface area contributed by atoms with Crippen molar-refractivity contribution < 1.29 is 5.21 Å². The number of imidazole rings is 1. The average Bonchev–Trinajstić information content (AvgIpc) is 3.59. The van der Waals surface area contributed by atoms with Gasteiger partial charge in [-0.2, -0.15) is 0 Å². The van der Waals surface area contributed by atoms with Gasteiger partial charge in [-0.15, -0.1) is 0 Å². The summed E-state index contributed by atoms with van der Waals surface area (Å²) in [6.07, 6.45) is 3.70. The predicted octanol–water partition coefficient (Wildman–Crippen LogP) is 4.12. The summed E-state index contributed by atoms with van der Waals surface area (Å²) in [6, 6.07) is 15.3. The summed E-state index contributed by atoms with van der Waals surface area (Å²) in [5.74, 6) is 1.78. The zero-order valence-electron chi connectivity index (χ0n) is 18.9.